The molecule has 3 aromatic rings. The number of ether oxygens (including phenoxy) is 1. The van der Waals surface area contributed by atoms with E-state index in [2.05, 4.69) is 9.97 Å². The van der Waals surface area contributed by atoms with Crippen LogP contribution >= 0.6 is 11.6 Å². The summed E-state index contributed by atoms with van der Waals surface area (Å²) in [6.07, 6.45) is 1.83. The van der Waals surface area contributed by atoms with Crippen LogP contribution in [-0.4, -0.2) is 21.5 Å². The summed E-state index contributed by atoms with van der Waals surface area (Å²) in [5.41, 5.74) is 1.42. The number of hydrogen-bond acceptors (Lipinski definition) is 3. The number of carbonyl (C=O) groups is 1. The number of benzene rings is 1. The first kappa shape index (κ1) is 14.9. The molecular formula is C17H17ClN2O2. The Morgan fingerprint density at radius 2 is 2.00 bits per heavy atom. The first-order valence-electron chi connectivity index (χ1n) is 7.06. The van der Waals surface area contributed by atoms with Crippen molar-refractivity contribution in [3.8, 4) is 0 Å². The topological polar surface area (TPSA) is 55.0 Å². The Bertz CT molecular complexity index is 891. The number of aryl methyl sites for hydroxylation is 1. The van der Waals surface area contributed by atoms with E-state index in [-0.39, 0.29) is 5.97 Å². The van der Waals surface area contributed by atoms with Gasteiger partial charge in [-0.1, -0.05) is 23.7 Å². The molecule has 0 aliphatic carbocycles. The summed E-state index contributed by atoms with van der Waals surface area (Å²) < 4.78 is 5.50. The molecule has 1 aromatic carbocycles. The van der Waals surface area contributed by atoms with Gasteiger partial charge in [-0.25, -0.2) is 4.79 Å². The molecule has 0 spiro atoms. The zero-order valence-corrected chi connectivity index (χ0v) is 13.7. The molecule has 1 N–H and O–H groups in total. The average Bonchev–Trinajstić information content (AvgIpc) is 2.73. The number of pyridine rings is 1. The van der Waals surface area contributed by atoms with Crippen LogP contribution in [0.15, 0.2) is 24.4 Å². The minimum Gasteiger partial charge on any atom is -0.456 e. The summed E-state index contributed by atoms with van der Waals surface area (Å²) in [6.45, 7) is 7.37. The Morgan fingerprint density at radius 1 is 1.27 bits per heavy atom. The van der Waals surface area contributed by atoms with Gasteiger partial charge in [0.25, 0.3) is 0 Å². The quantitative estimate of drug-likeness (QED) is 0.526. The van der Waals surface area contributed by atoms with Crippen LogP contribution in [0.2, 0.25) is 5.15 Å². The number of H-pyrrole nitrogens is 1. The third-order valence-electron chi connectivity index (χ3n) is 3.40. The van der Waals surface area contributed by atoms with E-state index in [4.69, 9.17) is 16.3 Å². The van der Waals surface area contributed by atoms with Crippen LogP contribution in [-0.2, 0) is 4.74 Å². The van der Waals surface area contributed by atoms with Gasteiger partial charge in [-0.2, -0.15) is 0 Å². The molecule has 5 heteroatoms. The van der Waals surface area contributed by atoms with Crippen LogP contribution in [0.1, 0.15) is 36.8 Å². The predicted octanol–water partition coefficient (Wildman–Crippen LogP) is 4.63. The molecule has 22 heavy (non-hydrogen) atoms. The van der Waals surface area contributed by atoms with Gasteiger partial charge in [0.1, 0.15) is 10.8 Å². The Kier molecular flexibility index (Phi) is 3.37. The molecule has 0 bridgehead atoms. The Hall–Kier alpha value is -2.07. The van der Waals surface area contributed by atoms with E-state index in [9.17, 15) is 4.79 Å². The van der Waals surface area contributed by atoms with Gasteiger partial charge in [-0.05, 0) is 33.8 Å². The average molecular weight is 317 g/mol. The lowest BCUT2D eigenvalue weighted by molar-refractivity contribution is 0.00711. The van der Waals surface area contributed by atoms with E-state index >= 15 is 0 Å². The van der Waals surface area contributed by atoms with Crippen LogP contribution in [0.3, 0.4) is 0 Å². The van der Waals surface area contributed by atoms with Crippen molar-refractivity contribution in [2.24, 2.45) is 0 Å². The van der Waals surface area contributed by atoms with E-state index in [1.807, 2.05) is 52.1 Å². The largest absolute Gasteiger partial charge is 0.456 e. The fourth-order valence-corrected chi connectivity index (χ4v) is 2.71. The molecule has 114 valence electrons. The summed E-state index contributed by atoms with van der Waals surface area (Å²) in [6, 6.07) is 5.67. The monoisotopic (exact) mass is 316 g/mol. The molecule has 2 aromatic heterocycles. The minimum atomic E-state index is -0.539. The molecule has 0 saturated heterocycles. The highest BCUT2D eigenvalue weighted by molar-refractivity contribution is 6.30. The number of aromatic nitrogens is 2. The molecule has 0 fully saturated rings. The maximum Gasteiger partial charge on any atom is 0.341 e. The number of esters is 1. The van der Waals surface area contributed by atoms with Crippen molar-refractivity contribution < 1.29 is 9.53 Å². The fraction of sp³-hybridized carbons (Fsp3) is 0.294. The number of fused-ring (bicyclic) bond motifs is 3. The number of carbonyl (C=O) groups excluding carboxylic acids is 1. The van der Waals surface area contributed by atoms with Crippen LogP contribution < -0.4 is 0 Å². The number of rotatable bonds is 1. The molecule has 0 atom stereocenters. The lowest BCUT2D eigenvalue weighted by Crippen LogP contribution is -2.24. The molecule has 3 rings (SSSR count). The van der Waals surface area contributed by atoms with Gasteiger partial charge in [0.2, 0.25) is 0 Å². The highest BCUT2D eigenvalue weighted by atomic mass is 35.5. The van der Waals surface area contributed by atoms with Gasteiger partial charge >= 0.3 is 5.97 Å². The molecule has 0 aliphatic rings. The summed E-state index contributed by atoms with van der Waals surface area (Å²) >= 11 is 6.04. The van der Waals surface area contributed by atoms with Crippen molar-refractivity contribution in [3.05, 3.63) is 40.8 Å². The first-order valence-corrected chi connectivity index (χ1v) is 7.44. The zero-order chi connectivity index (χ0) is 16.1. The molecule has 2 heterocycles. The molecule has 0 saturated carbocycles. The van der Waals surface area contributed by atoms with Crippen LogP contribution in [0.5, 0.6) is 0 Å². The molecule has 4 nitrogen and oxygen atoms in total. The number of hydrogen-bond donors (Lipinski definition) is 1. The summed E-state index contributed by atoms with van der Waals surface area (Å²) in [4.78, 5) is 20.0. The van der Waals surface area contributed by atoms with E-state index in [0.717, 1.165) is 21.7 Å². The smallest absolute Gasteiger partial charge is 0.341 e. The summed E-state index contributed by atoms with van der Waals surface area (Å²) in [5, 5.41) is 3.23. The molecule has 0 unspecified atom stereocenters. The Morgan fingerprint density at radius 3 is 2.68 bits per heavy atom. The van der Waals surface area contributed by atoms with Gasteiger partial charge in [-0.15, -0.1) is 0 Å². The lowest BCUT2D eigenvalue weighted by Gasteiger charge is -2.19. The van der Waals surface area contributed by atoms with Crippen LogP contribution in [0.4, 0.5) is 0 Å². The summed E-state index contributed by atoms with van der Waals surface area (Å²) in [5.74, 6) is -0.347. The molecule has 0 aliphatic heterocycles. The number of halogens is 1. The zero-order valence-electron chi connectivity index (χ0n) is 13.0. The number of aromatic amines is 1. The molecule has 0 amide bonds. The Balaban J connectivity index is 2.24. The second-order valence-corrected chi connectivity index (χ2v) is 6.73. The second-order valence-electron chi connectivity index (χ2n) is 6.32. The van der Waals surface area contributed by atoms with Gasteiger partial charge in [-0.3, -0.25) is 4.98 Å². The second kappa shape index (κ2) is 4.99. The van der Waals surface area contributed by atoms with E-state index < -0.39 is 5.60 Å². The molecular weight excluding hydrogens is 300 g/mol. The van der Waals surface area contributed by atoms with Crippen LogP contribution in [0.25, 0.3) is 21.7 Å². The standard InChI is InChI=1S/C17H17ClN2O2/c1-9-14(16(21)22-17(2,3)4)11-6-5-10-8-19-13(18)7-12(10)15(11)20-9/h5-8,19H,1-4H3. The van der Waals surface area contributed by atoms with Gasteiger partial charge in [0.15, 0.2) is 0 Å². The van der Waals surface area contributed by atoms with Crippen molar-refractivity contribution in [1.29, 1.82) is 0 Å². The number of nitrogens with one attached hydrogen (secondary N) is 1. The third kappa shape index (κ3) is 2.55. The van der Waals surface area contributed by atoms with Crippen molar-refractivity contribution in [2.75, 3.05) is 0 Å². The van der Waals surface area contributed by atoms with Crippen molar-refractivity contribution >= 4 is 39.2 Å². The van der Waals surface area contributed by atoms with Crippen molar-refractivity contribution in [1.82, 2.24) is 9.97 Å². The normalized spacial score (nSPS) is 12.0. The highest BCUT2D eigenvalue weighted by Gasteiger charge is 2.24. The highest BCUT2D eigenvalue weighted by Crippen LogP contribution is 2.31. The van der Waals surface area contributed by atoms with Crippen molar-refractivity contribution in [2.45, 2.75) is 33.3 Å². The maximum absolute atomic E-state index is 12.5. The van der Waals surface area contributed by atoms with E-state index in [0.29, 0.717) is 16.4 Å². The lowest BCUT2D eigenvalue weighted by atomic mass is 10.1. The van der Waals surface area contributed by atoms with Gasteiger partial charge in [0.05, 0.1) is 16.8 Å². The van der Waals surface area contributed by atoms with Gasteiger partial charge < -0.3 is 9.72 Å². The van der Waals surface area contributed by atoms with Crippen molar-refractivity contribution in [3.63, 3.8) is 0 Å². The maximum atomic E-state index is 12.5. The SMILES string of the molecule is Cc1nc2c(ccc3c[nH]c(Cl)cc32)c1C(=O)OC(C)(C)C. The fourth-order valence-electron chi connectivity index (χ4n) is 2.54. The van der Waals surface area contributed by atoms with Crippen LogP contribution in [0, 0.1) is 6.92 Å². The molecule has 0 radical (unpaired) electrons. The third-order valence-corrected chi connectivity index (χ3v) is 3.62. The number of nitrogens with zero attached hydrogens (tertiary/aromatic N) is 1. The summed E-state index contributed by atoms with van der Waals surface area (Å²) in [7, 11) is 0. The predicted molar refractivity (Wildman–Crippen MR) is 88.5 cm³/mol. The first-order chi connectivity index (χ1) is 10.3. The Labute approximate surface area is 133 Å². The van der Waals surface area contributed by atoms with E-state index in [1.54, 1.807) is 0 Å². The minimum absolute atomic E-state index is 0.347. The van der Waals surface area contributed by atoms with E-state index in [1.165, 1.54) is 0 Å². The van der Waals surface area contributed by atoms with Gasteiger partial charge in [0, 0.05) is 22.4 Å².